The number of carbonyl (C=O) groups excluding carboxylic acids is 1. The van der Waals surface area contributed by atoms with E-state index in [9.17, 15) is 4.79 Å². The number of hydrogen-bond acceptors (Lipinski definition) is 3. The molecule has 1 unspecified atom stereocenters. The molecule has 19 heavy (non-hydrogen) atoms. The Bertz CT molecular complexity index is 488. The average molecular weight is 260 g/mol. The maximum absolute atomic E-state index is 12.4. The number of carbonyl (C=O) groups is 1. The van der Waals surface area contributed by atoms with Gasteiger partial charge in [0.05, 0.1) is 24.8 Å². The van der Waals surface area contributed by atoms with Gasteiger partial charge in [0, 0.05) is 19.7 Å². The van der Waals surface area contributed by atoms with E-state index < -0.39 is 0 Å². The number of rotatable bonds is 4. The zero-order valence-corrected chi connectivity index (χ0v) is 11.6. The number of hydrogen-bond donors (Lipinski definition) is 1. The minimum Gasteiger partial charge on any atom is -0.383 e. The van der Waals surface area contributed by atoms with E-state index >= 15 is 0 Å². The molecular formula is C15H20N2O2. The number of likely N-dealkylation sites (N-methyl/N-ethyl adjacent to an activating group) is 1. The van der Waals surface area contributed by atoms with Crippen molar-refractivity contribution in [2.24, 2.45) is 5.73 Å². The van der Waals surface area contributed by atoms with E-state index in [1.54, 1.807) is 25.1 Å². The number of ether oxygens (including phenoxy) is 1. The standard InChI is InChI=1S/C15H20N2O2/c1-12(11-19-3)17(2)15(18)14-9-5-4-7-13(14)8-6-10-16/h4-5,7,9,12H,10-11,16H2,1-3H3. The van der Waals surface area contributed by atoms with Crippen molar-refractivity contribution < 1.29 is 9.53 Å². The molecule has 1 atom stereocenters. The van der Waals surface area contributed by atoms with Gasteiger partial charge in [0.2, 0.25) is 0 Å². The Balaban J connectivity index is 2.99. The summed E-state index contributed by atoms with van der Waals surface area (Å²) in [7, 11) is 3.38. The van der Waals surface area contributed by atoms with Gasteiger partial charge < -0.3 is 15.4 Å². The highest BCUT2D eigenvalue weighted by Crippen LogP contribution is 2.12. The molecule has 0 heterocycles. The Labute approximate surface area is 114 Å². The van der Waals surface area contributed by atoms with Crippen molar-refractivity contribution in [3.8, 4) is 11.8 Å². The van der Waals surface area contributed by atoms with Crippen molar-refractivity contribution in [3.63, 3.8) is 0 Å². The molecule has 0 fully saturated rings. The molecule has 0 bridgehead atoms. The van der Waals surface area contributed by atoms with Crippen LogP contribution in [0.5, 0.6) is 0 Å². The minimum absolute atomic E-state index is 0.00743. The van der Waals surface area contributed by atoms with Gasteiger partial charge in [0.15, 0.2) is 0 Å². The quantitative estimate of drug-likeness (QED) is 0.825. The zero-order chi connectivity index (χ0) is 14.3. The lowest BCUT2D eigenvalue weighted by atomic mass is 10.1. The highest BCUT2D eigenvalue weighted by Gasteiger charge is 2.19. The second-order valence-corrected chi connectivity index (χ2v) is 4.27. The van der Waals surface area contributed by atoms with E-state index in [4.69, 9.17) is 10.5 Å². The highest BCUT2D eigenvalue weighted by atomic mass is 16.5. The molecule has 2 N–H and O–H groups in total. The Kier molecular flexibility index (Phi) is 6.07. The van der Waals surface area contributed by atoms with Crippen LogP contribution in [0.25, 0.3) is 0 Å². The Hall–Kier alpha value is -1.83. The summed E-state index contributed by atoms with van der Waals surface area (Å²) in [6.07, 6.45) is 0. The second kappa shape index (κ2) is 7.57. The molecular weight excluding hydrogens is 240 g/mol. The topological polar surface area (TPSA) is 55.6 Å². The fraction of sp³-hybridized carbons (Fsp3) is 0.400. The number of amides is 1. The lowest BCUT2D eigenvalue weighted by Crippen LogP contribution is -2.38. The SMILES string of the molecule is COCC(C)N(C)C(=O)c1ccccc1C#CCN. The van der Waals surface area contributed by atoms with E-state index in [1.165, 1.54) is 0 Å². The largest absolute Gasteiger partial charge is 0.383 e. The van der Waals surface area contributed by atoms with Gasteiger partial charge in [-0.2, -0.15) is 0 Å². The number of nitrogens with zero attached hydrogens (tertiary/aromatic N) is 1. The molecule has 4 nitrogen and oxygen atoms in total. The summed E-state index contributed by atoms with van der Waals surface area (Å²) in [4.78, 5) is 14.1. The molecule has 0 aliphatic heterocycles. The molecule has 1 aromatic carbocycles. The first kappa shape index (κ1) is 15.2. The summed E-state index contributed by atoms with van der Waals surface area (Å²) in [5.74, 6) is 5.64. The average Bonchev–Trinajstić information content (AvgIpc) is 2.44. The Morgan fingerprint density at radius 1 is 1.47 bits per heavy atom. The number of nitrogens with two attached hydrogens (primary N) is 1. The van der Waals surface area contributed by atoms with Crippen molar-refractivity contribution in [2.45, 2.75) is 13.0 Å². The van der Waals surface area contributed by atoms with Crippen LogP contribution in [0.3, 0.4) is 0 Å². The smallest absolute Gasteiger partial charge is 0.255 e. The van der Waals surface area contributed by atoms with Gasteiger partial charge in [-0.3, -0.25) is 4.79 Å². The van der Waals surface area contributed by atoms with Crippen LogP contribution in [0.1, 0.15) is 22.8 Å². The summed E-state index contributed by atoms with van der Waals surface area (Å²) in [6, 6.07) is 7.29. The molecule has 0 saturated carbocycles. The summed E-state index contributed by atoms with van der Waals surface area (Å²) in [5.41, 5.74) is 6.66. The molecule has 1 amide bonds. The maximum Gasteiger partial charge on any atom is 0.255 e. The van der Waals surface area contributed by atoms with E-state index in [0.717, 1.165) is 0 Å². The van der Waals surface area contributed by atoms with Gasteiger partial charge in [0.1, 0.15) is 0 Å². The molecule has 0 saturated heterocycles. The number of methoxy groups -OCH3 is 1. The lowest BCUT2D eigenvalue weighted by Gasteiger charge is -2.24. The van der Waals surface area contributed by atoms with Gasteiger partial charge in [-0.05, 0) is 19.1 Å². The second-order valence-electron chi connectivity index (χ2n) is 4.27. The first-order chi connectivity index (χ1) is 9.11. The predicted molar refractivity (Wildman–Crippen MR) is 75.8 cm³/mol. The first-order valence-corrected chi connectivity index (χ1v) is 6.15. The van der Waals surface area contributed by atoms with Gasteiger partial charge in [-0.25, -0.2) is 0 Å². The molecule has 0 radical (unpaired) electrons. The van der Waals surface area contributed by atoms with Gasteiger partial charge in [-0.1, -0.05) is 24.0 Å². The molecule has 1 rings (SSSR count). The van der Waals surface area contributed by atoms with Crippen molar-refractivity contribution in [1.82, 2.24) is 4.90 Å². The van der Waals surface area contributed by atoms with E-state index in [-0.39, 0.29) is 18.5 Å². The third kappa shape index (κ3) is 4.09. The van der Waals surface area contributed by atoms with Crippen LogP contribution in [0.2, 0.25) is 0 Å². The predicted octanol–water partition coefficient (Wildman–Crippen LogP) is 1.10. The van der Waals surface area contributed by atoms with Crippen molar-refractivity contribution in [3.05, 3.63) is 35.4 Å². The summed E-state index contributed by atoms with van der Waals surface area (Å²) >= 11 is 0. The summed E-state index contributed by atoms with van der Waals surface area (Å²) in [5, 5.41) is 0. The normalized spacial score (nSPS) is 11.4. The molecule has 4 heteroatoms. The van der Waals surface area contributed by atoms with E-state index in [0.29, 0.717) is 17.7 Å². The third-order valence-corrected chi connectivity index (χ3v) is 2.87. The Morgan fingerprint density at radius 2 is 2.16 bits per heavy atom. The van der Waals surface area contributed by atoms with E-state index in [2.05, 4.69) is 11.8 Å². The van der Waals surface area contributed by atoms with Crippen LogP contribution in [-0.4, -0.2) is 44.2 Å². The van der Waals surface area contributed by atoms with Crippen LogP contribution in [0.15, 0.2) is 24.3 Å². The van der Waals surface area contributed by atoms with Crippen LogP contribution in [0.4, 0.5) is 0 Å². The molecule has 102 valence electrons. The molecule has 0 spiro atoms. The monoisotopic (exact) mass is 260 g/mol. The summed E-state index contributed by atoms with van der Waals surface area (Å²) in [6.45, 7) is 2.72. The zero-order valence-electron chi connectivity index (χ0n) is 11.6. The first-order valence-electron chi connectivity index (χ1n) is 6.15. The third-order valence-electron chi connectivity index (χ3n) is 2.87. The van der Waals surface area contributed by atoms with Gasteiger partial charge in [0.25, 0.3) is 5.91 Å². The molecule has 0 aliphatic rings. The van der Waals surface area contributed by atoms with Crippen molar-refractivity contribution in [1.29, 1.82) is 0 Å². The van der Waals surface area contributed by atoms with Crippen LogP contribution in [-0.2, 0) is 4.74 Å². The van der Waals surface area contributed by atoms with Gasteiger partial charge in [-0.15, -0.1) is 0 Å². The van der Waals surface area contributed by atoms with Crippen LogP contribution >= 0.6 is 0 Å². The molecule has 0 aromatic heterocycles. The summed E-state index contributed by atoms with van der Waals surface area (Å²) < 4.78 is 5.07. The maximum atomic E-state index is 12.4. The van der Waals surface area contributed by atoms with Gasteiger partial charge >= 0.3 is 0 Å². The van der Waals surface area contributed by atoms with Crippen molar-refractivity contribution in [2.75, 3.05) is 27.3 Å². The fourth-order valence-corrected chi connectivity index (χ4v) is 1.67. The highest BCUT2D eigenvalue weighted by molar-refractivity contribution is 5.96. The lowest BCUT2D eigenvalue weighted by molar-refractivity contribution is 0.0633. The van der Waals surface area contributed by atoms with Crippen LogP contribution < -0.4 is 5.73 Å². The molecule has 1 aromatic rings. The molecule has 0 aliphatic carbocycles. The van der Waals surface area contributed by atoms with E-state index in [1.807, 2.05) is 25.1 Å². The number of benzene rings is 1. The fourth-order valence-electron chi connectivity index (χ4n) is 1.67. The minimum atomic E-state index is -0.0635. The van der Waals surface area contributed by atoms with Crippen molar-refractivity contribution >= 4 is 5.91 Å². The van der Waals surface area contributed by atoms with Crippen LogP contribution in [0, 0.1) is 11.8 Å². The Morgan fingerprint density at radius 3 is 2.79 bits per heavy atom.